The minimum atomic E-state index is -4.69. The van der Waals surface area contributed by atoms with Gasteiger partial charge in [-0.2, -0.15) is 36.6 Å². The molecule has 3 saturated carbocycles. The number of carbonyl (C=O) groups excluding carboxylic acids is 1. The van der Waals surface area contributed by atoms with Gasteiger partial charge in [0.15, 0.2) is 0 Å². The van der Waals surface area contributed by atoms with Gasteiger partial charge in [-0.15, -0.1) is 0 Å². The van der Waals surface area contributed by atoms with E-state index in [-0.39, 0.29) is 74.8 Å². The number of rotatable bonds is 14. The highest BCUT2D eigenvalue weighted by Crippen LogP contribution is 2.53. The summed E-state index contributed by atoms with van der Waals surface area (Å²) in [5, 5.41) is 17.1. The number of aromatic nitrogens is 4. The fourth-order valence-corrected chi connectivity index (χ4v) is 10.5. The number of halogens is 16. The number of nitriles is 1. The minimum absolute atomic E-state index is 0.00935. The molecule has 3 aliphatic rings. The summed E-state index contributed by atoms with van der Waals surface area (Å²) in [4.78, 5) is 46.2. The van der Waals surface area contributed by atoms with Crippen molar-refractivity contribution in [3.05, 3.63) is 233 Å². The predicted molar refractivity (Wildman–Crippen MR) is 329 cm³/mol. The van der Waals surface area contributed by atoms with Crippen molar-refractivity contribution in [2.24, 2.45) is 5.73 Å². The number of alkyl halides is 6. The van der Waals surface area contributed by atoms with Crippen molar-refractivity contribution in [2.45, 2.75) is 73.8 Å². The Morgan fingerprint density at radius 1 is 0.586 bits per heavy atom. The summed E-state index contributed by atoms with van der Waals surface area (Å²) in [5.41, 5.74) is -0.750. The van der Waals surface area contributed by atoms with E-state index in [2.05, 4.69) is 19.7 Å². The Morgan fingerprint density at radius 3 is 1.43 bits per heavy atom. The summed E-state index contributed by atoms with van der Waals surface area (Å²) in [7, 11) is 5.16. The van der Waals surface area contributed by atoms with Gasteiger partial charge in [0.25, 0.3) is 5.56 Å². The second-order valence-electron chi connectivity index (χ2n) is 21.8. The summed E-state index contributed by atoms with van der Waals surface area (Å²) in [5.74, 6) is -10.4. The predicted octanol–water partition coefficient (Wildman–Crippen LogP) is 15.9. The summed E-state index contributed by atoms with van der Waals surface area (Å²) < 4.78 is 232. The molecule has 32 heteroatoms. The first-order valence-corrected chi connectivity index (χ1v) is 29.7. The fraction of sp³-hybridized carbons (Fsp3) is 0.239. The zero-order valence-electron chi connectivity index (χ0n) is 51.6. The maximum atomic E-state index is 14.9. The van der Waals surface area contributed by atoms with Crippen molar-refractivity contribution >= 4 is 45.4 Å². The minimum Gasteiger partial charge on any atom is -0.497 e. The summed E-state index contributed by atoms with van der Waals surface area (Å²) in [6.45, 7) is 0. The number of carboxylic acids is 1. The Bertz CT molecular complexity index is 4550. The molecule has 12 rings (SSSR count). The highest BCUT2D eigenvalue weighted by Gasteiger charge is 2.55. The molecule has 3 heterocycles. The molecule has 3 aromatic heterocycles. The molecule has 3 N–H and O–H groups in total. The molecule has 0 unspecified atom stereocenters. The van der Waals surface area contributed by atoms with Crippen LogP contribution < -0.4 is 35.0 Å². The van der Waals surface area contributed by atoms with E-state index in [9.17, 15) is 80.2 Å². The van der Waals surface area contributed by atoms with Crippen molar-refractivity contribution in [3.63, 3.8) is 0 Å². The van der Waals surface area contributed by atoms with Gasteiger partial charge in [0, 0.05) is 92.3 Å². The maximum absolute atomic E-state index is 14.9. The quantitative estimate of drug-likeness (QED) is 0.0587. The van der Waals surface area contributed by atoms with Crippen LogP contribution in [0.15, 0.2) is 133 Å². The Balaban J connectivity index is 0.000000168. The molecular weight excluding hydrogens is 1460 g/mol. The zero-order chi connectivity index (χ0) is 72.7. The van der Waals surface area contributed by atoms with Crippen molar-refractivity contribution < 1.29 is 109 Å². The molecule has 3 aliphatic carbocycles. The standard InChI is InChI=1S/C24H16F5N3O3.C14H9F3INO3.C11H10F2O3.C10H11F2NO.C8H4F3N/c1-34-14-10-17(25)20(18(26)11-14)23(6-7-23)32-12-31-21(33)15-9-13(4-5-19(15)32)35-22-16(24(27,28)29)3-2-8-30-22;1-21-13(20)9-7-8(4-5-11(9)18)22-12-10(14(15,16)17)3-2-6-19-12;1-16-6-4-7(12)9(8(13)5-6)11(2-3-11)10(14)15;1-14-6-4-7(11)9(8(12)5-6)10(13)2-3-10;9-5-3-7(10)6(1-2-12)8(11)4-5/h2-5,8-12H,6-7H2,1H3;2-7H,1H3;4-5H,2-3H2,1H3,(H,14,15);4-5H,2-3,13H2,1H3;3-4H,1H2. The summed E-state index contributed by atoms with van der Waals surface area (Å²) in [6, 6.07) is 21.5. The first-order chi connectivity index (χ1) is 46.7. The van der Waals surface area contributed by atoms with Gasteiger partial charge in [-0.1, -0.05) is 0 Å². The third kappa shape index (κ3) is 17.0. The van der Waals surface area contributed by atoms with Gasteiger partial charge < -0.3 is 43.8 Å². The van der Waals surface area contributed by atoms with Crippen LogP contribution in [0.25, 0.3) is 10.9 Å². The molecule has 6 aromatic carbocycles. The van der Waals surface area contributed by atoms with E-state index < -0.39 is 128 Å². The van der Waals surface area contributed by atoms with E-state index in [1.807, 2.05) is 22.6 Å². The molecule has 0 saturated heterocycles. The first kappa shape index (κ1) is 74.6. The number of ether oxygens (including phenoxy) is 6. The topological polar surface area (TPSA) is 220 Å². The number of carbonyl (C=O) groups is 2. The molecule has 0 amide bonds. The van der Waals surface area contributed by atoms with Crippen LogP contribution in [-0.2, 0) is 44.8 Å². The van der Waals surface area contributed by atoms with Crippen molar-refractivity contribution in [1.29, 1.82) is 5.26 Å². The molecule has 0 spiro atoms. The lowest BCUT2D eigenvalue weighted by molar-refractivity contribution is -0.140. The number of nitrogens with two attached hydrogens (primary N) is 1. The lowest BCUT2D eigenvalue weighted by atomic mass is 9.95. The number of nitrogens with zero attached hydrogens (tertiary/aromatic N) is 5. The van der Waals surface area contributed by atoms with E-state index in [1.54, 1.807) is 12.1 Å². The van der Waals surface area contributed by atoms with Crippen LogP contribution >= 0.6 is 22.6 Å². The molecule has 0 aliphatic heterocycles. The van der Waals surface area contributed by atoms with Gasteiger partial charge in [-0.25, -0.2) is 54.3 Å². The number of hydrogen-bond donors (Lipinski definition) is 2. The van der Waals surface area contributed by atoms with Crippen LogP contribution in [0.3, 0.4) is 0 Å². The lowest BCUT2D eigenvalue weighted by Crippen LogP contribution is -2.25. The molecule has 0 atom stereocenters. The molecular formula is C67H50F15IN6O10. The van der Waals surface area contributed by atoms with Crippen LogP contribution in [0.4, 0.5) is 65.9 Å². The lowest BCUT2D eigenvalue weighted by Gasteiger charge is -2.23. The first-order valence-electron chi connectivity index (χ1n) is 28.6. The Kier molecular flexibility index (Phi) is 22.8. The van der Waals surface area contributed by atoms with Crippen LogP contribution in [0.1, 0.15) is 82.3 Å². The van der Waals surface area contributed by atoms with E-state index in [4.69, 9.17) is 39.8 Å². The monoisotopic (exact) mass is 1510 g/mol. The number of methoxy groups -OCH3 is 4. The van der Waals surface area contributed by atoms with E-state index in [0.717, 1.165) is 60.8 Å². The van der Waals surface area contributed by atoms with E-state index >= 15 is 0 Å². The van der Waals surface area contributed by atoms with Crippen molar-refractivity contribution in [3.8, 4) is 46.6 Å². The number of esters is 1. The van der Waals surface area contributed by atoms with Crippen molar-refractivity contribution in [1.82, 2.24) is 19.5 Å². The number of pyridine rings is 2. The number of aliphatic carboxylic acids is 1. The smallest absolute Gasteiger partial charge is 0.421 e. The molecule has 16 nitrogen and oxygen atoms in total. The molecule has 520 valence electrons. The molecule has 3 fully saturated rings. The van der Waals surface area contributed by atoms with Gasteiger partial charge in [-0.05, 0) is 122 Å². The number of carboxylic acid groups (broad SMARTS) is 1. The van der Waals surface area contributed by atoms with E-state index in [1.165, 1.54) is 81.9 Å². The second kappa shape index (κ2) is 30.3. The van der Waals surface area contributed by atoms with Crippen LogP contribution in [0.2, 0.25) is 0 Å². The summed E-state index contributed by atoms with van der Waals surface area (Å²) in [6.07, 6.45) is -3.56. The number of benzene rings is 6. The van der Waals surface area contributed by atoms with E-state index in [0.29, 0.717) is 46.9 Å². The average Bonchev–Trinajstić information content (AvgIpc) is 1.69. The fourth-order valence-electron chi connectivity index (χ4n) is 9.99. The van der Waals surface area contributed by atoms with Crippen LogP contribution in [-0.4, -0.2) is 65.0 Å². The Hall–Kier alpha value is -10.2. The average molecular weight is 1510 g/mol. The second-order valence-corrected chi connectivity index (χ2v) is 23.0. The van der Waals surface area contributed by atoms with Crippen LogP contribution in [0, 0.1) is 67.3 Å². The van der Waals surface area contributed by atoms with Gasteiger partial charge >= 0.3 is 24.3 Å². The highest BCUT2D eigenvalue weighted by atomic mass is 127. The van der Waals surface area contributed by atoms with Gasteiger partial charge in [0.2, 0.25) is 11.8 Å². The SMILES string of the molecule is COC(=O)c1cc(Oc2ncccc2C(F)(F)F)ccc1I.COc1cc(F)c(C2(C(=O)O)CC2)c(F)c1.COc1cc(F)c(C2(N)CC2)c(F)c1.COc1cc(F)c(C2(n3cnc(=O)c4cc(Oc5ncccc5C(F)(F)F)ccc43)CC2)c(F)c1.N#CCc1c(F)cc(F)cc1F. The number of hydrogen-bond acceptors (Lipinski definition) is 14. The molecule has 9 aromatic rings. The normalized spacial score (nSPS) is 14.1. The number of fused-ring (bicyclic) bond motifs is 1. The molecule has 99 heavy (non-hydrogen) atoms. The van der Waals surface area contributed by atoms with Crippen molar-refractivity contribution in [2.75, 3.05) is 28.4 Å². The summed E-state index contributed by atoms with van der Waals surface area (Å²) >= 11 is 1.91. The molecule has 0 bridgehead atoms. The van der Waals surface area contributed by atoms with Gasteiger partial charge in [-0.3, -0.25) is 9.59 Å². The largest absolute Gasteiger partial charge is 0.497 e. The highest BCUT2D eigenvalue weighted by molar-refractivity contribution is 14.1. The zero-order valence-corrected chi connectivity index (χ0v) is 53.7. The third-order valence-electron chi connectivity index (χ3n) is 15.4. The van der Waals surface area contributed by atoms with Crippen LogP contribution in [0.5, 0.6) is 40.5 Å². The Labute approximate surface area is 564 Å². The van der Waals surface area contributed by atoms with Gasteiger partial charge in [0.1, 0.15) is 98.6 Å². The Morgan fingerprint density at radius 2 is 1.03 bits per heavy atom. The maximum Gasteiger partial charge on any atom is 0.421 e. The third-order valence-corrected chi connectivity index (χ3v) is 16.3. The molecule has 0 radical (unpaired) electrons. The van der Waals surface area contributed by atoms with Gasteiger partial charge in [0.05, 0.1) is 68.3 Å².